The molecule has 1 spiro atoms. The molecule has 3 atom stereocenters. The normalized spacial score (nSPS) is 28.2. The maximum absolute atomic E-state index is 13.9. The van der Waals surface area contributed by atoms with Gasteiger partial charge in [0, 0.05) is 48.4 Å². The fourth-order valence-corrected chi connectivity index (χ4v) is 10.8. The van der Waals surface area contributed by atoms with E-state index in [0.717, 1.165) is 47.6 Å². The average molecular weight is 736 g/mol. The number of aliphatic hydroxyl groups is 1. The lowest BCUT2D eigenvalue weighted by atomic mass is 9.41. The van der Waals surface area contributed by atoms with Gasteiger partial charge in [0.25, 0.3) is 10.0 Å². The molecule has 1 aliphatic heterocycles. The van der Waals surface area contributed by atoms with Gasteiger partial charge < -0.3 is 14.7 Å². The van der Waals surface area contributed by atoms with E-state index in [-0.39, 0.29) is 41.2 Å². The van der Waals surface area contributed by atoms with Crippen LogP contribution in [0.5, 0.6) is 5.88 Å². The number of nitrogens with zero attached hydrogens (tertiary/aromatic N) is 6. The quantitative estimate of drug-likeness (QED) is 0.209. The molecule has 5 aliphatic carbocycles. The number of aryl methyl sites for hydroxylation is 2. The Morgan fingerprint density at radius 2 is 1.74 bits per heavy atom. The molecule has 6 aliphatic rings. The second kappa shape index (κ2) is 12.5. The van der Waals surface area contributed by atoms with Gasteiger partial charge in [-0.1, -0.05) is 44.2 Å². The lowest BCUT2D eigenvalue weighted by Gasteiger charge is -2.73. The van der Waals surface area contributed by atoms with E-state index in [1.807, 2.05) is 44.3 Å². The molecule has 11 nitrogen and oxygen atoms in total. The van der Waals surface area contributed by atoms with Crippen LogP contribution in [0.1, 0.15) is 93.5 Å². The predicted molar refractivity (Wildman–Crippen MR) is 203 cm³/mol. The zero-order chi connectivity index (χ0) is 36.9. The van der Waals surface area contributed by atoms with Crippen LogP contribution in [0, 0.1) is 31.1 Å². The van der Waals surface area contributed by atoms with E-state index in [9.17, 15) is 13.5 Å². The van der Waals surface area contributed by atoms with Gasteiger partial charge in [0.2, 0.25) is 11.8 Å². The molecule has 2 aromatic carbocycles. The Kier molecular flexibility index (Phi) is 8.14. The molecule has 0 amide bonds. The number of hydrogen-bond donors (Lipinski definition) is 2. The molecule has 12 heteroatoms. The van der Waals surface area contributed by atoms with Gasteiger partial charge in [-0.2, -0.15) is 4.98 Å². The molecule has 6 bridgehead atoms. The second-order valence-corrected chi connectivity index (χ2v) is 18.6. The number of ether oxygens (including phenoxy) is 1. The first-order valence-electron chi connectivity index (χ1n) is 19.1. The van der Waals surface area contributed by atoms with Gasteiger partial charge in [-0.05, 0) is 111 Å². The zero-order valence-corrected chi connectivity index (χ0v) is 32.0. The molecule has 0 radical (unpaired) electrons. The van der Waals surface area contributed by atoms with E-state index in [4.69, 9.17) is 14.7 Å². The van der Waals surface area contributed by atoms with Crippen LogP contribution >= 0.6 is 0 Å². The van der Waals surface area contributed by atoms with Crippen LogP contribution in [0.25, 0.3) is 11.3 Å². The van der Waals surface area contributed by atoms with Crippen LogP contribution in [0.15, 0.2) is 65.7 Å². The van der Waals surface area contributed by atoms with Crippen molar-refractivity contribution in [1.82, 2.24) is 24.8 Å². The number of benzene rings is 2. The third-order valence-corrected chi connectivity index (χ3v) is 14.2. The monoisotopic (exact) mass is 735 g/mol. The van der Waals surface area contributed by atoms with Gasteiger partial charge in [-0.25, -0.2) is 28.1 Å². The van der Waals surface area contributed by atoms with Crippen LogP contribution in [-0.2, 0) is 10.0 Å². The van der Waals surface area contributed by atoms with Gasteiger partial charge in [-0.3, -0.25) is 4.90 Å². The summed E-state index contributed by atoms with van der Waals surface area (Å²) >= 11 is 0. The Morgan fingerprint density at radius 3 is 2.42 bits per heavy atom. The summed E-state index contributed by atoms with van der Waals surface area (Å²) < 4.78 is 37.0. The minimum atomic E-state index is -4.13. The van der Waals surface area contributed by atoms with Crippen LogP contribution in [-0.4, -0.2) is 69.6 Å². The molecule has 2 N–H and O–H groups in total. The number of aliphatic hydroxyl groups excluding tert-OH is 1. The SMILES string of the molecule is Cc1cccc(C)c1-c1cc2nc(n1)NS(=O)(=O)c1cccc(c1)C(O)N(C13CC(C1)C3c1nccc(N(C)C3CC4(CC4)C3)n1)[C@H](CC(C)C)CO2. The second-order valence-electron chi connectivity index (χ2n) is 16.9. The highest BCUT2D eigenvalue weighted by Gasteiger charge is 2.71. The van der Waals surface area contributed by atoms with Crippen molar-refractivity contribution in [2.45, 2.75) is 107 Å². The fraction of sp³-hybridized carbons (Fsp3) is 0.512. The molecule has 53 heavy (non-hydrogen) atoms. The third-order valence-electron chi connectivity index (χ3n) is 12.9. The Bertz CT molecular complexity index is 2160. The largest absolute Gasteiger partial charge is 0.476 e. The lowest BCUT2D eigenvalue weighted by molar-refractivity contribution is -0.243. The zero-order valence-electron chi connectivity index (χ0n) is 31.2. The molecule has 0 saturated heterocycles. The van der Waals surface area contributed by atoms with Crippen molar-refractivity contribution in [3.05, 3.63) is 83.3 Å². The Morgan fingerprint density at radius 1 is 1.00 bits per heavy atom. The van der Waals surface area contributed by atoms with Crippen LogP contribution in [0.3, 0.4) is 0 Å². The molecule has 5 fully saturated rings. The number of sulfonamides is 1. The highest BCUT2D eigenvalue weighted by atomic mass is 32.2. The Hall–Kier alpha value is -4.13. The van der Waals surface area contributed by atoms with Gasteiger partial charge in [0.05, 0.1) is 10.6 Å². The first-order valence-corrected chi connectivity index (χ1v) is 20.6. The van der Waals surface area contributed by atoms with Crippen molar-refractivity contribution in [1.29, 1.82) is 0 Å². The van der Waals surface area contributed by atoms with Crippen molar-refractivity contribution in [3.63, 3.8) is 0 Å². The van der Waals surface area contributed by atoms with Crippen LogP contribution in [0.4, 0.5) is 11.8 Å². The minimum Gasteiger partial charge on any atom is -0.476 e. The fourth-order valence-electron chi connectivity index (χ4n) is 9.84. The maximum Gasteiger partial charge on any atom is 0.264 e. The van der Waals surface area contributed by atoms with E-state index < -0.39 is 21.8 Å². The lowest BCUT2D eigenvalue weighted by Crippen LogP contribution is -2.76. The van der Waals surface area contributed by atoms with Gasteiger partial charge in [-0.15, -0.1) is 0 Å². The average Bonchev–Trinajstić information content (AvgIpc) is 3.88. The van der Waals surface area contributed by atoms with Gasteiger partial charge >= 0.3 is 0 Å². The summed E-state index contributed by atoms with van der Waals surface area (Å²) in [6, 6.07) is 16.7. The molecule has 5 saturated carbocycles. The van der Waals surface area contributed by atoms with Crippen molar-refractivity contribution >= 4 is 21.8 Å². The topological polar surface area (TPSA) is 134 Å². The van der Waals surface area contributed by atoms with Crippen LogP contribution < -0.4 is 14.4 Å². The molecule has 2 aromatic heterocycles. The summed E-state index contributed by atoms with van der Waals surface area (Å²) in [5, 5.41) is 12.5. The molecular formula is C41H49N7O4S. The van der Waals surface area contributed by atoms with Gasteiger partial charge in [0.1, 0.15) is 24.5 Å². The van der Waals surface area contributed by atoms with Gasteiger partial charge in [0.15, 0.2) is 0 Å². The Balaban J connectivity index is 1.12. The highest BCUT2D eigenvalue weighted by molar-refractivity contribution is 7.92. The summed E-state index contributed by atoms with van der Waals surface area (Å²) in [7, 11) is -1.97. The molecule has 3 heterocycles. The van der Waals surface area contributed by atoms with Crippen molar-refractivity contribution in [2.24, 2.45) is 17.3 Å². The summed E-state index contributed by atoms with van der Waals surface area (Å²) in [4.78, 5) is 23.9. The minimum absolute atomic E-state index is 0.0226. The number of fused-ring (bicyclic) bond motifs is 4. The van der Waals surface area contributed by atoms with Crippen molar-refractivity contribution < 1.29 is 18.3 Å². The molecule has 10 rings (SSSR count). The van der Waals surface area contributed by atoms with E-state index in [1.54, 1.807) is 24.3 Å². The summed E-state index contributed by atoms with van der Waals surface area (Å²) in [6.45, 7) is 8.61. The number of aromatic nitrogens is 4. The van der Waals surface area contributed by atoms with Crippen molar-refractivity contribution in [2.75, 3.05) is 23.3 Å². The number of hydrogen-bond acceptors (Lipinski definition) is 10. The Labute approximate surface area is 312 Å². The number of nitrogens with one attached hydrogen (secondary N) is 1. The smallest absolute Gasteiger partial charge is 0.264 e. The van der Waals surface area contributed by atoms with Crippen LogP contribution in [0.2, 0.25) is 0 Å². The standard InChI is InChI=1S/C41H49N7O4S/c1-24(2)16-29-23-52-34-18-32(35-25(3)8-6-9-26(35)4)43-39(45-34)46-53(50,51)31-11-7-10-27(17-31)38(49)48(29)41-19-28(20-41)36(41)37-42-15-12-33(44-37)47(5)30-21-40(22-30)13-14-40/h6-12,15,17-18,24,28-30,36,38,49H,13-14,16,19-23H2,1-5H3,(H,43,45,46)/t28?,29-,36?,38?,41?/m1/s1. The third kappa shape index (κ3) is 5.88. The van der Waals surface area contributed by atoms with E-state index >= 15 is 0 Å². The molecular weight excluding hydrogens is 687 g/mol. The van der Waals surface area contributed by atoms with E-state index in [1.165, 1.54) is 31.7 Å². The van der Waals surface area contributed by atoms with E-state index in [2.05, 4.69) is 45.4 Å². The molecule has 4 aromatic rings. The first kappa shape index (κ1) is 34.6. The number of rotatable bonds is 7. The predicted octanol–water partition coefficient (Wildman–Crippen LogP) is 6.78. The molecule has 2 unspecified atom stereocenters. The highest BCUT2D eigenvalue weighted by Crippen LogP contribution is 2.70. The number of anilines is 2. The summed E-state index contributed by atoms with van der Waals surface area (Å²) in [5.74, 6) is 2.68. The molecule has 278 valence electrons. The summed E-state index contributed by atoms with van der Waals surface area (Å²) in [5.41, 5.74) is 4.16. The van der Waals surface area contributed by atoms with Crippen molar-refractivity contribution in [3.8, 4) is 17.1 Å². The van der Waals surface area contributed by atoms with E-state index in [0.29, 0.717) is 28.6 Å². The first-order chi connectivity index (χ1) is 25.3. The summed E-state index contributed by atoms with van der Waals surface area (Å²) in [6.07, 6.45) is 8.50. The maximum atomic E-state index is 13.9.